The number of aliphatic hydroxyl groups is 1. The highest BCUT2D eigenvalue weighted by molar-refractivity contribution is 7.90. The lowest BCUT2D eigenvalue weighted by Gasteiger charge is -2.45. The number of ether oxygens (including phenoxy) is 1. The number of aliphatic hydroxyl groups excluding tert-OH is 1. The second-order valence-electron chi connectivity index (χ2n) is 11.6. The molecule has 4 atom stereocenters. The number of carbonyl (C=O) groups excluding carboxylic acids is 1. The molecule has 2 bridgehead atoms. The first-order valence-electron chi connectivity index (χ1n) is 13.9. The first-order chi connectivity index (χ1) is 18.7. The summed E-state index contributed by atoms with van der Waals surface area (Å²) >= 11 is 6.36. The Morgan fingerprint density at radius 2 is 2.00 bits per heavy atom. The molecular formula is C30H35ClN2O5S. The molecule has 2 N–H and O–H groups in total. The Labute approximate surface area is 235 Å². The fourth-order valence-corrected chi connectivity index (χ4v) is 8.07. The number of halogens is 1. The van der Waals surface area contributed by atoms with Gasteiger partial charge in [-0.25, -0.2) is 13.1 Å². The van der Waals surface area contributed by atoms with Crippen molar-refractivity contribution in [3.05, 3.63) is 70.3 Å². The SMILES string of the molecule is O=C1NS(=O)(=O)CCC/C=C/[C@H](O)[C@@H]2CC[C@H]2CN2C[C@@]3(CCCc4cc(Cl)ccc43)COc3ccc1cc32. The van der Waals surface area contributed by atoms with Crippen LogP contribution in [0.1, 0.15) is 60.0 Å². The summed E-state index contributed by atoms with van der Waals surface area (Å²) in [7, 11) is -3.78. The zero-order chi connectivity index (χ0) is 27.2. The number of aryl methyl sites for hydroxylation is 1. The van der Waals surface area contributed by atoms with Crippen molar-refractivity contribution in [1.82, 2.24) is 4.72 Å². The summed E-state index contributed by atoms with van der Waals surface area (Å²) < 4.78 is 33.9. The maximum Gasteiger partial charge on any atom is 0.264 e. The van der Waals surface area contributed by atoms with Crippen LogP contribution >= 0.6 is 11.6 Å². The quantitative estimate of drug-likeness (QED) is 0.449. The Bertz CT molecular complexity index is 1410. The number of allylic oxidation sites excluding steroid dienone is 1. The summed E-state index contributed by atoms with van der Waals surface area (Å²) in [4.78, 5) is 15.4. The first kappa shape index (κ1) is 26.7. The topological polar surface area (TPSA) is 95.9 Å². The van der Waals surface area contributed by atoms with Gasteiger partial charge in [0.15, 0.2) is 0 Å². The molecule has 4 aliphatic rings. The lowest BCUT2D eigenvalue weighted by molar-refractivity contribution is 0.0456. The van der Waals surface area contributed by atoms with Crippen molar-refractivity contribution in [3.8, 4) is 5.75 Å². The Balaban J connectivity index is 1.42. The van der Waals surface area contributed by atoms with E-state index in [1.54, 1.807) is 18.2 Å². The Hall–Kier alpha value is -2.55. The van der Waals surface area contributed by atoms with Crippen LogP contribution in [0, 0.1) is 11.8 Å². The van der Waals surface area contributed by atoms with Crippen LogP contribution in [0.15, 0.2) is 48.6 Å². The van der Waals surface area contributed by atoms with E-state index in [0.717, 1.165) is 49.4 Å². The van der Waals surface area contributed by atoms with Gasteiger partial charge in [-0.05, 0) is 98.2 Å². The highest BCUT2D eigenvalue weighted by Gasteiger charge is 2.44. The number of benzene rings is 2. The number of anilines is 1. The molecule has 0 aromatic heterocycles. The van der Waals surface area contributed by atoms with Crippen LogP contribution in [-0.2, 0) is 21.9 Å². The average molecular weight is 571 g/mol. The fourth-order valence-electron chi connectivity index (χ4n) is 6.83. The zero-order valence-corrected chi connectivity index (χ0v) is 23.5. The monoisotopic (exact) mass is 570 g/mol. The highest BCUT2D eigenvalue weighted by atomic mass is 35.5. The van der Waals surface area contributed by atoms with E-state index in [9.17, 15) is 18.3 Å². The molecule has 7 nitrogen and oxygen atoms in total. The molecule has 2 aliphatic heterocycles. The van der Waals surface area contributed by atoms with E-state index in [1.165, 1.54) is 11.1 Å². The standard InChI is InChI=1S/C30H35ClN2O5S/c31-23-9-11-25-20(15-23)5-4-13-30(25)18-33-17-22-7-10-24(22)27(34)6-2-1-3-14-39(36,37)32-29(35)21-8-12-28(38-19-30)26(33)16-21/h2,6,8-9,11-12,15-16,22,24,27,34H,1,3-5,7,10,13-14,17-19H2,(H,32,35)/b6-2+/t22-,24+,27-,30-/m0/s1. The maximum absolute atomic E-state index is 13.0. The number of amides is 1. The van der Waals surface area contributed by atoms with Crippen molar-refractivity contribution < 1.29 is 23.1 Å². The normalized spacial score (nSPS) is 31.1. The first-order valence-corrected chi connectivity index (χ1v) is 16.0. The summed E-state index contributed by atoms with van der Waals surface area (Å²) in [5, 5.41) is 11.7. The molecular weight excluding hydrogens is 536 g/mol. The average Bonchev–Trinajstić information content (AvgIpc) is 3.02. The van der Waals surface area contributed by atoms with E-state index >= 15 is 0 Å². The van der Waals surface area contributed by atoms with Gasteiger partial charge >= 0.3 is 0 Å². The van der Waals surface area contributed by atoms with Gasteiger partial charge in [0.05, 0.1) is 24.2 Å². The molecule has 39 heavy (non-hydrogen) atoms. The van der Waals surface area contributed by atoms with Gasteiger partial charge in [-0.15, -0.1) is 0 Å². The van der Waals surface area contributed by atoms with Crippen molar-refractivity contribution in [1.29, 1.82) is 0 Å². The van der Waals surface area contributed by atoms with Gasteiger partial charge < -0.3 is 14.7 Å². The van der Waals surface area contributed by atoms with E-state index in [4.69, 9.17) is 16.3 Å². The van der Waals surface area contributed by atoms with Crippen LogP contribution in [0.25, 0.3) is 0 Å². The van der Waals surface area contributed by atoms with Crippen molar-refractivity contribution in [2.45, 2.75) is 56.5 Å². The Morgan fingerprint density at radius 1 is 1.13 bits per heavy atom. The third kappa shape index (κ3) is 5.31. The molecule has 0 radical (unpaired) electrons. The lowest BCUT2D eigenvalue weighted by atomic mass is 9.68. The molecule has 1 amide bonds. The number of rotatable bonds is 0. The summed E-state index contributed by atoms with van der Waals surface area (Å²) in [5.74, 6) is 0.341. The Morgan fingerprint density at radius 3 is 2.82 bits per heavy atom. The summed E-state index contributed by atoms with van der Waals surface area (Å²) in [5.41, 5.74) is 3.35. The van der Waals surface area contributed by atoms with E-state index in [2.05, 4.69) is 21.8 Å². The largest absolute Gasteiger partial charge is 0.490 e. The van der Waals surface area contributed by atoms with Crippen molar-refractivity contribution in [2.24, 2.45) is 11.8 Å². The summed E-state index contributed by atoms with van der Waals surface area (Å²) in [6.07, 6.45) is 8.98. The minimum absolute atomic E-state index is 0.144. The van der Waals surface area contributed by atoms with Crippen LogP contribution in [0.3, 0.4) is 0 Å². The predicted molar refractivity (Wildman–Crippen MR) is 152 cm³/mol. The molecule has 9 heteroatoms. The van der Waals surface area contributed by atoms with E-state index in [-0.39, 0.29) is 22.6 Å². The number of nitrogens with one attached hydrogen (secondary N) is 1. The number of carbonyl (C=O) groups is 1. The van der Waals surface area contributed by atoms with E-state index in [0.29, 0.717) is 37.7 Å². The third-order valence-corrected chi connectivity index (χ3v) is 10.6. The zero-order valence-electron chi connectivity index (χ0n) is 21.9. The minimum atomic E-state index is -3.78. The summed E-state index contributed by atoms with van der Waals surface area (Å²) in [6, 6.07) is 11.3. The van der Waals surface area contributed by atoms with E-state index in [1.807, 2.05) is 18.2 Å². The maximum atomic E-state index is 13.0. The smallest absolute Gasteiger partial charge is 0.264 e. The van der Waals surface area contributed by atoms with Crippen molar-refractivity contribution >= 4 is 33.2 Å². The lowest BCUT2D eigenvalue weighted by Crippen LogP contribution is -2.49. The van der Waals surface area contributed by atoms with Gasteiger partial charge in [0.2, 0.25) is 10.0 Å². The molecule has 0 saturated heterocycles. The second-order valence-corrected chi connectivity index (χ2v) is 13.9. The fraction of sp³-hybridized carbons (Fsp3) is 0.500. The molecule has 2 heterocycles. The van der Waals surface area contributed by atoms with Crippen molar-refractivity contribution in [2.75, 3.05) is 30.3 Å². The van der Waals surface area contributed by atoms with Gasteiger partial charge in [0.25, 0.3) is 5.91 Å². The molecule has 1 saturated carbocycles. The summed E-state index contributed by atoms with van der Waals surface area (Å²) in [6.45, 7) is 1.93. The molecule has 208 valence electrons. The van der Waals surface area contributed by atoms with Gasteiger partial charge in [-0.1, -0.05) is 29.8 Å². The van der Waals surface area contributed by atoms with Crippen LogP contribution in [0.5, 0.6) is 5.75 Å². The van der Waals surface area contributed by atoms with Crippen LogP contribution in [0.2, 0.25) is 5.02 Å². The van der Waals surface area contributed by atoms with Crippen LogP contribution in [0.4, 0.5) is 5.69 Å². The van der Waals surface area contributed by atoms with Gasteiger partial charge in [-0.3, -0.25) is 4.79 Å². The molecule has 6 rings (SSSR count). The molecule has 2 aliphatic carbocycles. The van der Waals surface area contributed by atoms with Crippen LogP contribution < -0.4 is 14.4 Å². The molecule has 0 unspecified atom stereocenters. The van der Waals surface area contributed by atoms with Crippen LogP contribution in [-0.4, -0.2) is 51.0 Å². The second kappa shape index (κ2) is 10.5. The molecule has 1 fully saturated rings. The van der Waals surface area contributed by atoms with Crippen molar-refractivity contribution in [3.63, 3.8) is 0 Å². The third-order valence-electron chi connectivity index (χ3n) is 9.03. The van der Waals surface area contributed by atoms with E-state index < -0.39 is 22.0 Å². The number of hydrogen-bond donors (Lipinski definition) is 2. The van der Waals surface area contributed by atoms with Gasteiger partial charge in [-0.2, -0.15) is 0 Å². The Kier molecular flexibility index (Phi) is 7.14. The molecule has 2 aromatic rings. The molecule has 2 aromatic carbocycles. The number of sulfonamides is 1. The minimum Gasteiger partial charge on any atom is -0.490 e. The predicted octanol–water partition coefficient (Wildman–Crippen LogP) is 4.61. The van der Waals surface area contributed by atoms with Gasteiger partial charge in [0.1, 0.15) is 5.75 Å². The number of nitrogens with zero attached hydrogens (tertiary/aromatic N) is 1. The number of hydrogen-bond acceptors (Lipinski definition) is 6. The van der Waals surface area contributed by atoms with Gasteiger partial charge in [0, 0.05) is 29.1 Å². The molecule has 1 spiro atoms. The number of fused-ring (bicyclic) bond motifs is 4. The highest BCUT2D eigenvalue weighted by Crippen LogP contribution is 2.46.